The summed E-state index contributed by atoms with van der Waals surface area (Å²) in [6.45, 7) is 3.73. The highest BCUT2D eigenvalue weighted by molar-refractivity contribution is 7.16. The molecule has 1 aliphatic rings. The molecular weight excluding hydrogens is 437 g/mol. The summed E-state index contributed by atoms with van der Waals surface area (Å²) >= 11 is 2.62. The first-order valence-corrected chi connectivity index (χ1v) is 10.5. The van der Waals surface area contributed by atoms with Crippen molar-refractivity contribution in [3.05, 3.63) is 45.9 Å². The normalized spacial score (nSPS) is 15.9. The lowest BCUT2D eigenvalue weighted by Crippen LogP contribution is -2.50. The minimum atomic E-state index is -5.09. The number of thiazole rings is 2. The first kappa shape index (κ1) is 20.5. The molecule has 0 bridgehead atoms. The second kappa shape index (κ2) is 7.47. The Kier molecular flexibility index (Phi) is 5.10. The fourth-order valence-electron chi connectivity index (χ4n) is 3.38. The number of hydrogen-bond acceptors (Lipinski definition) is 6. The van der Waals surface area contributed by atoms with E-state index in [1.165, 1.54) is 23.5 Å². The van der Waals surface area contributed by atoms with E-state index in [4.69, 9.17) is 0 Å². The second-order valence-corrected chi connectivity index (χ2v) is 8.76. The van der Waals surface area contributed by atoms with Crippen molar-refractivity contribution in [3.63, 3.8) is 0 Å². The van der Waals surface area contributed by atoms with Crippen molar-refractivity contribution in [1.29, 1.82) is 0 Å². The van der Waals surface area contributed by atoms with Gasteiger partial charge in [-0.1, -0.05) is 18.2 Å². The van der Waals surface area contributed by atoms with E-state index in [0.717, 1.165) is 26.9 Å². The van der Waals surface area contributed by atoms with E-state index in [0.29, 0.717) is 16.2 Å². The molecule has 1 aromatic carbocycles. The molecule has 3 aromatic rings. The average molecular weight is 452 g/mol. The first-order valence-electron chi connectivity index (χ1n) is 8.84. The number of para-hydroxylation sites is 1. The summed E-state index contributed by atoms with van der Waals surface area (Å²) in [5.74, 6) is -2.79. The average Bonchev–Trinajstić information content (AvgIpc) is 3.36. The Morgan fingerprint density at radius 3 is 2.60 bits per heavy atom. The molecule has 4 rings (SSSR count). The Morgan fingerprint density at radius 1 is 1.20 bits per heavy atom. The molecule has 1 unspecified atom stereocenters. The summed E-state index contributed by atoms with van der Waals surface area (Å²) < 4.78 is 39.5. The number of benzene rings is 1. The topological polar surface area (TPSA) is 75.2 Å². The van der Waals surface area contributed by atoms with Crippen LogP contribution in [0.5, 0.6) is 0 Å². The molecule has 1 atom stereocenters. The van der Waals surface area contributed by atoms with Gasteiger partial charge in [-0.25, -0.2) is 9.97 Å². The van der Waals surface area contributed by atoms with Crippen molar-refractivity contribution in [1.82, 2.24) is 9.97 Å². The van der Waals surface area contributed by atoms with E-state index in [1.807, 2.05) is 13.8 Å². The summed E-state index contributed by atoms with van der Waals surface area (Å²) in [5, 5.41) is 5.44. The summed E-state index contributed by atoms with van der Waals surface area (Å²) in [5.41, 5.74) is 2.05. The fourth-order valence-corrected chi connectivity index (χ4v) is 5.04. The van der Waals surface area contributed by atoms with E-state index in [1.54, 1.807) is 17.5 Å². The highest BCUT2D eigenvalue weighted by Crippen LogP contribution is 2.37. The van der Waals surface area contributed by atoms with Gasteiger partial charge >= 0.3 is 12.1 Å². The number of nitrogens with one attached hydrogen (secondary N) is 1. The number of fused-ring (bicyclic) bond motifs is 1. The van der Waals surface area contributed by atoms with E-state index in [2.05, 4.69) is 15.3 Å². The molecule has 0 aliphatic carbocycles. The van der Waals surface area contributed by atoms with Crippen LogP contribution in [0.4, 0.5) is 24.0 Å². The van der Waals surface area contributed by atoms with Gasteiger partial charge in [0.15, 0.2) is 5.13 Å². The maximum Gasteiger partial charge on any atom is 0.471 e. The Hall–Kier alpha value is -2.79. The molecule has 0 saturated carbocycles. The van der Waals surface area contributed by atoms with Gasteiger partial charge in [0, 0.05) is 17.5 Å². The van der Waals surface area contributed by atoms with Gasteiger partial charge in [0.25, 0.3) is 0 Å². The van der Waals surface area contributed by atoms with Crippen LogP contribution in [-0.4, -0.2) is 34.0 Å². The first-order chi connectivity index (χ1) is 14.1. The van der Waals surface area contributed by atoms with Gasteiger partial charge in [-0.15, -0.1) is 22.7 Å². The molecule has 1 aliphatic heterocycles. The van der Waals surface area contributed by atoms with Crippen LogP contribution in [0.1, 0.15) is 16.3 Å². The van der Waals surface area contributed by atoms with E-state index in [9.17, 15) is 22.8 Å². The van der Waals surface area contributed by atoms with Crippen LogP contribution in [0.2, 0.25) is 0 Å². The van der Waals surface area contributed by atoms with Crippen molar-refractivity contribution >= 4 is 45.3 Å². The third kappa shape index (κ3) is 3.70. The zero-order valence-electron chi connectivity index (χ0n) is 15.8. The molecule has 0 fully saturated rings. The number of alkyl halides is 3. The summed E-state index contributed by atoms with van der Waals surface area (Å²) in [4.78, 5) is 35.0. The second-order valence-electron chi connectivity index (χ2n) is 6.70. The number of nitrogens with zero attached hydrogens (tertiary/aromatic N) is 3. The molecule has 0 spiro atoms. The molecule has 11 heteroatoms. The van der Waals surface area contributed by atoms with Crippen molar-refractivity contribution in [2.24, 2.45) is 0 Å². The number of hydrogen-bond donors (Lipinski definition) is 1. The van der Waals surface area contributed by atoms with Gasteiger partial charge in [0.05, 0.1) is 21.3 Å². The highest BCUT2D eigenvalue weighted by atomic mass is 32.1. The van der Waals surface area contributed by atoms with Crippen LogP contribution in [0.15, 0.2) is 29.6 Å². The maximum atomic E-state index is 13.2. The molecular formula is C19H15F3N4O2S2. The highest BCUT2D eigenvalue weighted by Gasteiger charge is 2.49. The van der Waals surface area contributed by atoms with Crippen molar-refractivity contribution in [2.75, 3.05) is 10.2 Å². The number of aromatic nitrogens is 2. The van der Waals surface area contributed by atoms with E-state index in [-0.39, 0.29) is 17.2 Å². The molecule has 156 valence electrons. The van der Waals surface area contributed by atoms with Crippen LogP contribution >= 0.6 is 22.7 Å². The largest absolute Gasteiger partial charge is 0.471 e. The van der Waals surface area contributed by atoms with Crippen LogP contribution in [0.25, 0.3) is 10.6 Å². The Labute approximate surface area is 177 Å². The van der Waals surface area contributed by atoms with Crippen LogP contribution in [0, 0.1) is 13.8 Å². The predicted molar refractivity (Wildman–Crippen MR) is 109 cm³/mol. The van der Waals surface area contributed by atoms with Crippen molar-refractivity contribution in [2.45, 2.75) is 32.5 Å². The van der Waals surface area contributed by atoms with Gasteiger partial charge < -0.3 is 5.32 Å². The van der Waals surface area contributed by atoms with Crippen LogP contribution in [-0.2, 0) is 16.0 Å². The van der Waals surface area contributed by atoms with Gasteiger partial charge in [0.1, 0.15) is 6.04 Å². The lowest BCUT2D eigenvalue weighted by molar-refractivity contribution is -0.171. The molecule has 0 saturated heterocycles. The monoisotopic (exact) mass is 452 g/mol. The Balaban J connectivity index is 1.58. The fraction of sp³-hybridized carbons (Fsp3) is 0.263. The third-order valence-electron chi connectivity index (χ3n) is 4.61. The molecule has 2 amide bonds. The van der Waals surface area contributed by atoms with Crippen molar-refractivity contribution < 1.29 is 22.8 Å². The van der Waals surface area contributed by atoms with Crippen molar-refractivity contribution in [3.8, 4) is 10.6 Å². The number of carbonyl (C=O) groups excluding carboxylic acids is 2. The zero-order valence-corrected chi connectivity index (χ0v) is 17.4. The standard InChI is InChI=1S/C19H15F3N4O2S2/c1-9-15(30-10(2)23-9)12-8-29-18(24-12)25-16(27)14-7-11-5-3-4-6-13(11)26(14)17(28)19(20,21)22/h3-6,8,14H,7H2,1-2H3,(H,24,25,27). The van der Waals surface area contributed by atoms with Gasteiger partial charge in [-0.05, 0) is 25.5 Å². The smallest absolute Gasteiger partial charge is 0.300 e. The SMILES string of the molecule is Cc1nc(C)c(-c2csc(NC(=O)C3Cc4ccccc4N3C(=O)C(F)(F)F)n2)s1. The molecule has 2 aromatic heterocycles. The Morgan fingerprint density at radius 2 is 1.93 bits per heavy atom. The molecule has 6 nitrogen and oxygen atoms in total. The third-order valence-corrected chi connectivity index (χ3v) is 6.46. The number of amides is 2. The Bertz CT molecular complexity index is 1140. The van der Waals surface area contributed by atoms with Crippen LogP contribution < -0.4 is 10.2 Å². The van der Waals surface area contributed by atoms with Crippen LogP contribution in [0.3, 0.4) is 0 Å². The molecule has 1 N–H and O–H groups in total. The number of aryl methyl sites for hydroxylation is 2. The van der Waals surface area contributed by atoms with E-state index < -0.39 is 24.0 Å². The number of rotatable bonds is 3. The van der Waals surface area contributed by atoms with Gasteiger partial charge in [-0.2, -0.15) is 13.2 Å². The predicted octanol–water partition coefficient (Wildman–Crippen LogP) is 4.34. The van der Waals surface area contributed by atoms with E-state index >= 15 is 0 Å². The lowest BCUT2D eigenvalue weighted by Gasteiger charge is -2.25. The lowest BCUT2D eigenvalue weighted by atomic mass is 10.1. The van der Waals surface area contributed by atoms with Gasteiger partial charge in [0.2, 0.25) is 5.91 Å². The quantitative estimate of drug-likeness (QED) is 0.642. The summed E-state index contributed by atoms with van der Waals surface area (Å²) in [7, 11) is 0. The molecule has 3 heterocycles. The summed E-state index contributed by atoms with van der Waals surface area (Å²) in [6, 6.07) is 4.89. The minimum Gasteiger partial charge on any atom is -0.300 e. The van der Waals surface area contributed by atoms with Gasteiger partial charge in [-0.3, -0.25) is 14.5 Å². The summed E-state index contributed by atoms with van der Waals surface area (Å²) in [6.07, 6.45) is -5.10. The number of anilines is 2. The molecule has 30 heavy (non-hydrogen) atoms. The minimum absolute atomic E-state index is 0.00476. The maximum absolute atomic E-state index is 13.2. The zero-order chi connectivity index (χ0) is 21.6. The molecule has 0 radical (unpaired) electrons. The number of halogens is 3. The number of carbonyl (C=O) groups is 2.